The molecule has 0 fully saturated rings. The Kier molecular flexibility index (Phi) is 7.04. The van der Waals surface area contributed by atoms with Crippen molar-refractivity contribution in [1.82, 2.24) is 0 Å². The van der Waals surface area contributed by atoms with Gasteiger partial charge in [-0.3, -0.25) is 0 Å². The number of para-hydroxylation sites is 4. The van der Waals surface area contributed by atoms with Gasteiger partial charge < -0.3 is 9.80 Å². The van der Waals surface area contributed by atoms with Crippen molar-refractivity contribution in [3.05, 3.63) is 203 Å². The van der Waals surface area contributed by atoms with Crippen molar-refractivity contribution < 1.29 is 0 Å². The summed E-state index contributed by atoms with van der Waals surface area (Å²) in [7, 11) is -2.96. The summed E-state index contributed by atoms with van der Waals surface area (Å²) in [5.74, 6) is 0. The minimum atomic E-state index is -2.96. The van der Waals surface area contributed by atoms with Crippen LogP contribution in [0.25, 0.3) is 46.6 Å². The van der Waals surface area contributed by atoms with Crippen LogP contribution in [0, 0.1) is 22.7 Å². The molecule has 0 saturated carbocycles. The van der Waals surface area contributed by atoms with Crippen molar-refractivity contribution in [2.45, 2.75) is 0 Å². The van der Waals surface area contributed by atoms with E-state index in [2.05, 4.69) is 192 Å². The molecule has 4 aliphatic rings. The van der Waals surface area contributed by atoms with Crippen molar-refractivity contribution in [2.24, 2.45) is 0 Å². The van der Waals surface area contributed by atoms with E-state index in [0.717, 1.165) is 67.5 Å². The largest absolute Gasteiger partial charge is 0.309 e. The quantitative estimate of drug-likeness (QED) is 0.165. The highest BCUT2D eigenvalue weighted by Gasteiger charge is 2.54. The predicted molar refractivity (Wildman–Crippen MR) is 245 cm³/mol. The summed E-state index contributed by atoms with van der Waals surface area (Å²) in [5.41, 5.74) is 17.1. The van der Waals surface area contributed by atoms with Gasteiger partial charge in [0.2, 0.25) is 0 Å². The highest BCUT2D eigenvalue weighted by Crippen LogP contribution is 2.47. The van der Waals surface area contributed by atoms with E-state index in [-0.39, 0.29) is 0 Å². The van der Waals surface area contributed by atoms with Crippen LogP contribution in [0.3, 0.4) is 0 Å². The van der Waals surface area contributed by atoms with Crippen molar-refractivity contribution in [1.29, 1.82) is 10.5 Å². The van der Waals surface area contributed by atoms with Crippen LogP contribution in [-0.4, -0.2) is 8.07 Å². The third-order valence-electron chi connectivity index (χ3n) is 12.6. The van der Waals surface area contributed by atoms with Gasteiger partial charge in [0.1, 0.15) is 0 Å². The molecular weight excluding hydrogens is 733 g/mol. The summed E-state index contributed by atoms with van der Waals surface area (Å²) in [6, 6.07) is 65.9. The lowest BCUT2D eigenvalue weighted by atomic mass is 10.0. The van der Waals surface area contributed by atoms with E-state index < -0.39 is 8.07 Å². The molecule has 4 heterocycles. The molecule has 0 bridgehead atoms. The van der Waals surface area contributed by atoms with Gasteiger partial charge in [-0.1, -0.05) is 121 Å². The summed E-state index contributed by atoms with van der Waals surface area (Å²) < 4.78 is 0. The predicted octanol–water partition coefficient (Wildman–Crippen LogP) is 10.7. The Morgan fingerprint density at radius 3 is 0.983 bits per heavy atom. The zero-order valence-corrected chi connectivity index (χ0v) is 32.8. The normalized spacial score (nSPS) is 14.0. The van der Waals surface area contributed by atoms with Crippen LogP contribution < -0.4 is 30.5 Å². The SMILES string of the molecule is N#Cc1ccc2c(c1)-c1cc(C#N)ccc1[Si]21c2ccc(N3c4ccccc4C=Cc4ccccc43)cc2-c2cc(N3c4ccccc4C=Cc4ccccc43)ccc21. The molecule has 0 N–H and O–H groups in total. The molecule has 1 spiro atoms. The van der Waals surface area contributed by atoms with Crippen LogP contribution in [-0.2, 0) is 0 Å². The summed E-state index contributed by atoms with van der Waals surface area (Å²) in [5, 5.41) is 25.4. The average molecular weight is 765 g/mol. The van der Waals surface area contributed by atoms with E-state index in [1.807, 2.05) is 24.3 Å². The maximum Gasteiger partial charge on any atom is 0.182 e. The number of anilines is 6. The number of nitrogens with zero attached hydrogens (tertiary/aromatic N) is 4. The van der Waals surface area contributed by atoms with Crippen molar-refractivity contribution in [3.63, 3.8) is 0 Å². The lowest BCUT2D eigenvalue weighted by molar-refractivity contribution is 1.27. The molecule has 8 aromatic carbocycles. The van der Waals surface area contributed by atoms with E-state index in [0.29, 0.717) is 11.1 Å². The van der Waals surface area contributed by atoms with E-state index in [4.69, 9.17) is 0 Å². The summed E-state index contributed by atoms with van der Waals surface area (Å²) in [4.78, 5) is 4.81. The molecule has 0 aliphatic carbocycles. The lowest BCUT2D eigenvalue weighted by Crippen LogP contribution is -2.70. The standard InChI is InChI=1S/C54H32N4Si/c55-33-35-17-25-51-43(29-35)44-30-36(34-56)18-26-52(44)59(51)53-27-23-41(57-47-13-5-1-9-37(47)19-20-38-10-2-6-14-48(38)57)31-45(53)46-32-42(24-28-54(46)59)58-49-15-7-3-11-39(49)21-22-40-12-4-8-16-50(40)58/h1-32H. The molecule has 0 atom stereocenters. The van der Waals surface area contributed by atoms with Crippen molar-refractivity contribution in [2.75, 3.05) is 9.80 Å². The number of rotatable bonds is 2. The van der Waals surface area contributed by atoms with Gasteiger partial charge in [0.15, 0.2) is 8.07 Å². The molecule has 12 rings (SSSR count). The number of hydrogen-bond acceptors (Lipinski definition) is 4. The molecule has 0 unspecified atom stereocenters. The molecular formula is C54H32N4Si. The van der Waals surface area contributed by atoms with Crippen molar-refractivity contribution >= 4 is 87.2 Å². The highest BCUT2D eigenvalue weighted by atomic mass is 28.3. The molecule has 5 heteroatoms. The second-order valence-electron chi connectivity index (χ2n) is 15.5. The van der Waals surface area contributed by atoms with Gasteiger partial charge in [-0.25, -0.2) is 0 Å². The fraction of sp³-hybridized carbons (Fsp3) is 0. The van der Waals surface area contributed by atoms with Crippen LogP contribution in [0.5, 0.6) is 0 Å². The van der Waals surface area contributed by atoms with Gasteiger partial charge >= 0.3 is 0 Å². The fourth-order valence-corrected chi connectivity index (χ4v) is 15.7. The Morgan fingerprint density at radius 1 is 0.339 bits per heavy atom. The van der Waals surface area contributed by atoms with E-state index >= 15 is 0 Å². The molecule has 0 saturated heterocycles. The van der Waals surface area contributed by atoms with Gasteiger partial charge in [0, 0.05) is 11.4 Å². The molecule has 0 amide bonds. The first-order chi connectivity index (χ1) is 29.1. The van der Waals surface area contributed by atoms with Crippen LogP contribution in [0.15, 0.2) is 170 Å². The van der Waals surface area contributed by atoms with E-state index in [1.165, 1.54) is 31.9 Å². The molecule has 0 aromatic heterocycles. The lowest BCUT2D eigenvalue weighted by Gasteiger charge is -2.30. The number of benzene rings is 8. The Labute approximate surface area is 343 Å². The van der Waals surface area contributed by atoms with Gasteiger partial charge in [0.25, 0.3) is 0 Å². The first-order valence-electron chi connectivity index (χ1n) is 19.9. The van der Waals surface area contributed by atoms with Gasteiger partial charge in [-0.15, -0.1) is 0 Å². The van der Waals surface area contributed by atoms with E-state index in [9.17, 15) is 10.5 Å². The van der Waals surface area contributed by atoms with Crippen LogP contribution >= 0.6 is 0 Å². The first kappa shape index (κ1) is 33.2. The molecule has 4 aliphatic heterocycles. The highest BCUT2D eigenvalue weighted by molar-refractivity contribution is 7.24. The Morgan fingerprint density at radius 2 is 0.644 bits per heavy atom. The summed E-state index contributed by atoms with van der Waals surface area (Å²) in [6.07, 6.45) is 8.87. The molecule has 59 heavy (non-hydrogen) atoms. The van der Waals surface area contributed by atoms with Crippen LogP contribution in [0.2, 0.25) is 0 Å². The summed E-state index contributed by atoms with van der Waals surface area (Å²) >= 11 is 0. The third-order valence-corrected chi connectivity index (χ3v) is 17.6. The van der Waals surface area contributed by atoms with E-state index in [1.54, 1.807) is 0 Å². The van der Waals surface area contributed by atoms with Crippen molar-refractivity contribution in [3.8, 4) is 34.4 Å². The molecule has 8 aromatic rings. The zero-order valence-electron chi connectivity index (χ0n) is 31.8. The Hall–Kier alpha value is -7.96. The van der Waals surface area contributed by atoms with Gasteiger partial charge in [-0.05, 0) is 138 Å². The first-order valence-corrected chi connectivity index (χ1v) is 21.9. The van der Waals surface area contributed by atoms with Crippen LogP contribution in [0.4, 0.5) is 34.1 Å². The molecule has 4 nitrogen and oxygen atoms in total. The Balaban J connectivity index is 1.16. The minimum absolute atomic E-state index is 0.617. The third kappa shape index (κ3) is 4.62. The summed E-state index contributed by atoms with van der Waals surface area (Å²) in [6.45, 7) is 0. The average Bonchev–Trinajstić information content (AvgIpc) is 3.57. The van der Waals surface area contributed by atoms with Gasteiger partial charge in [0.05, 0.1) is 46.0 Å². The number of nitriles is 2. The topological polar surface area (TPSA) is 54.1 Å². The molecule has 0 radical (unpaired) electrons. The second-order valence-corrected chi connectivity index (χ2v) is 19.2. The van der Waals surface area contributed by atoms with Gasteiger partial charge in [-0.2, -0.15) is 10.5 Å². The zero-order chi connectivity index (χ0) is 39.2. The second kappa shape index (κ2) is 12.5. The molecule has 272 valence electrons. The number of hydrogen-bond donors (Lipinski definition) is 0. The maximum atomic E-state index is 10.1. The fourth-order valence-electron chi connectivity index (χ4n) is 10.1. The van der Waals surface area contributed by atoms with Crippen LogP contribution in [0.1, 0.15) is 33.4 Å². The Bertz CT molecular complexity index is 2970. The smallest absolute Gasteiger partial charge is 0.182 e. The monoisotopic (exact) mass is 764 g/mol. The number of fused-ring (bicyclic) bond motifs is 14. The maximum absolute atomic E-state index is 10.1. The minimum Gasteiger partial charge on any atom is -0.309 e.